The van der Waals surface area contributed by atoms with Crippen LogP contribution in [0.4, 0.5) is 0 Å². The summed E-state index contributed by atoms with van der Waals surface area (Å²) in [7, 11) is 0. The Balaban J connectivity index is 0. The minimum Gasteiger partial charge on any atom is -0.465 e. The van der Waals surface area contributed by atoms with Gasteiger partial charge in [0.15, 0.2) is 6.29 Å². The number of nitrogens with two attached hydrogens (primary N) is 1. The second-order valence-electron chi connectivity index (χ2n) is 5.84. The van der Waals surface area contributed by atoms with Crippen molar-refractivity contribution in [3.05, 3.63) is 65.2 Å². The summed E-state index contributed by atoms with van der Waals surface area (Å²) in [4.78, 5) is 82.1. The Morgan fingerprint density at radius 3 is 1.67 bits per heavy atom. The number of carbonyl (C=O) groups is 3. The first-order chi connectivity index (χ1) is 16.7. The van der Waals surface area contributed by atoms with Crippen LogP contribution >= 0.6 is 12.4 Å². The van der Waals surface area contributed by atoms with E-state index < -0.39 is 47.3 Å². The molecule has 2 rings (SSSR count). The number of nitrogens with zero attached hydrogens (tertiary/aromatic N) is 3. The molecule has 0 radical (unpaired) electrons. The van der Waals surface area contributed by atoms with Crippen LogP contribution in [0.15, 0.2) is 36.7 Å². The van der Waals surface area contributed by atoms with Gasteiger partial charge in [0.2, 0.25) is 0 Å². The average molecular weight is 537 g/mol. The molecule has 0 unspecified atom stereocenters. The fourth-order valence-electron chi connectivity index (χ4n) is 2.30. The number of aldehydes is 1. The van der Waals surface area contributed by atoms with E-state index in [9.17, 15) is 33.6 Å². The number of oxime groups is 1. The maximum atomic E-state index is 11.5. The first kappa shape index (κ1) is 33.8. The third-order valence-electron chi connectivity index (χ3n) is 3.70. The van der Waals surface area contributed by atoms with E-state index in [0.717, 1.165) is 27.7 Å². The van der Waals surface area contributed by atoms with Crippen molar-refractivity contribution in [3.63, 3.8) is 0 Å². The van der Waals surface area contributed by atoms with Crippen LogP contribution in [0.3, 0.4) is 0 Å². The summed E-state index contributed by atoms with van der Waals surface area (Å²) >= 11 is 0. The molecule has 0 aliphatic carbocycles. The maximum absolute atomic E-state index is 11.5. The molecule has 0 aliphatic heterocycles. The number of nitrogens with one attached hydrogen (secondary N) is 2. The van der Waals surface area contributed by atoms with Gasteiger partial charge in [-0.25, -0.2) is 5.90 Å². The van der Waals surface area contributed by atoms with Crippen molar-refractivity contribution in [2.24, 2.45) is 11.1 Å². The number of carbonyl (C=O) groups excluding carboxylic acids is 3. The fraction of sp³-hybridized carbons (Fsp3) is 0.333. The number of aromatic amines is 2. The lowest BCUT2D eigenvalue weighted by molar-refractivity contribution is -0.144. The van der Waals surface area contributed by atoms with Crippen LogP contribution < -0.4 is 28.1 Å². The van der Waals surface area contributed by atoms with Crippen molar-refractivity contribution in [3.8, 4) is 0 Å². The van der Waals surface area contributed by atoms with Crippen molar-refractivity contribution < 1.29 is 34.3 Å². The molecule has 0 amide bonds. The number of ether oxygens (including phenoxy) is 2. The molecule has 36 heavy (non-hydrogen) atoms. The third-order valence-corrected chi connectivity index (χ3v) is 3.70. The van der Waals surface area contributed by atoms with E-state index in [1.54, 1.807) is 13.8 Å². The number of halogens is 1. The molecule has 0 spiro atoms. The zero-order chi connectivity index (χ0) is 27.0. The van der Waals surface area contributed by atoms with Gasteiger partial charge in [-0.3, -0.25) is 42.7 Å². The van der Waals surface area contributed by atoms with Crippen LogP contribution in [-0.2, 0) is 32.2 Å². The molecule has 0 aliphatic rings. The molecule has 2 heterocycles. The van der Waals surface area contributed by atoms with Crippen molar-refractivity contribution in [2.45, 2.75) is 26.9 Å². The smallest absolute Gasteiger partial charge is 0.326 e. The number of H-pyrrole nitrogens is 2. The van der Waals surface area contributed by atoms with Crippen LogP contribution in [0.2, 0.25) is 0 Å². The zero-order valence-corrected chi connectivity index (χ0v) is 19.9. The Kier molecular flexibility index (Phi) is 16.9. The van der Waals surface area contributed by atoms with Gasteiger partial charge in [0, 0.05) is 12.4 Å². The van der Waals surface area contributed by atoms with Crippen molar-refractivity contribution in [2.75, 3.05) is 13.2 Å². The Hall–Kier alpha value is -4.35. The van der Waals surface area contributed by atoms with E-state index >= 15 is 0 Å². The topological polar surface area (TPSA) is 258 Å². The van der Waals surface area contributed by atoms with Crippen LogP contribution in [0.25, 0.3) is 0 Å². The van der Waals surface area contributed by atoms with Gasteiger partial charge in [-0.1, -0.05) is 5.16 Å². The molecular weight excluding hydrogens is 512 g/mol. The van der Waals surface area contributed by atoms with E-state index in [4.69, 9.17) is 10.4 Å². The fourth-order valence-corrected chi connectivity index (χ4v) is 2.30. The summed E-state index contributed by atoms with van der Waals surface area (Å²) < 4.78 is 10.9. The maximum Gasteiger partial charge on any atom is 0.326 e. The molecule has 18 heteroatoms. The SMILES string of the molecule is CCOC(=O)Cn1c(/C=N/O)c[nH]c(=O)c1=O.CCOC(=O)Cn1c(C=O)c[nH]c(=O)c1=O.Cl.NO. The minimum atomic E-state index is -0.961. The Labute approximate surface area is 207 Å². The lowest BCUT2D eigenvalue weighted by Gasteiger charge is -2.07. The standard InChI is InChI=1S/C9H11N3O5.C9H10N2O5.ClH.H3NO/c1-2-17-7(13)5-12-6(4-11-16)3-10-8(14)9(12)15;1-2-16-7(13)4-11-6(5-12)3-10-8(14)9(11)15;;1-2/h3-4,16H,2,5H2,1H3,(H,10,14);3,5H,2,4H2,1H3,(H,10,14);1H;2H,1H2/b11-4+;;;. The molecule has 0 atom stereocenters. The average Bonchev–Trinajstić information content (AvgIpc) is 2.84. The normalized spacial score (nSPS) is 9.56. The van der Waals surface area contributed by atoms with E-state index in [2.05, 4.69) is 30.5 Å². The second kappa shape index (κ2) is 18.0. The van der Waals surface area contributed by atoms with E-state index in [-0.39, 0.29) is 37.0 Å². The summed E-state index contributed by atoms with van der Waals surface area (Å²) in [6.45, 7) is 2.68. The molecule has 0 saturated carbocycles. The monoisotopic (exact) mass is 536 g/mol. The van der Waals surface area contributed by atoms with Gasteiger partial charge in [0.25, 0.3) is 0 Å². The van der Waals surface area contributed by atoms with Crippen molar-refractivity contribution >= 4 is 36.8 Å². The van der Waals surface area contributed by atoms with Gasteiger partial charge in [0.05, 0.1) is 25.1 Å². The molecule has 0 fully saturated rings. The Bertz CT molecular complexity index is 1260. The molecule has 0 bridgehead atoms. The number of rotatable bonds is 8. The van der Waals surface area contributed by atoms with Gasteiger partial charge in [-0.15, -0.1) is 12.4 Å². The van der Waals surface area contributed by atoms with E-state index in [1.165, 1.54) is 0 Å². The van der Waals surface area contributed by atoms with Crippen LogP contribution in [0.5, 0.6) is 0 Å². The molecular formula is C18H25ClN6O11. The van der Waals surface area contributed by atoms with E-state index in [0.29, 0.717) is 6.29 Å². The highest BCUT2D eigenvalue weighted by Crippen LogP contribution is 1.91. The van der Waals surface area contributed by atoms with Crippen LogP contribution in [-0.4, -0.2) is 67.2 Å². The van der Waals surface area contributed by atoms with Crippen molar-refractivity contribution in [1.82, 2.24) is 19.1 Å². The summed E-state index contributed by atoms with van der Waals surface area (Å²) in [6.07, 6.45) is 3.52. The van der Waals surface area contributed by atoms with Gasteiger partial charge >= 0.3 is 34.2 Å². The quantitative estimate of drug-likeness (QED) is 0.0589. The van der Waals surface area contributed by atoms with Gasteiger partial charge in [0.1, 0.15) is 18.8 Å². The number of aromatic nitrogens is 4. The van der Waals surface area contributed by atoms with Gasteiger partial charge in [-0.2, -0.15) is 0 Å². The van der Waals surface area contributed by atoms with Crippen LogP contribution in [0.1, 0.15) is 30.0 Å². The highest BCUT2D eigenvalue weighted by atomic mass is 35.5. The molecule has 6 N–H and O–H groups in total. The Morgan fingerprint density at radius 2 is 1.31 bits per heavy atom. The molecule has 2 aromatic heterocycles. The van der Waals surface area contributed by atoms with Crippen LogP contribution in [0, 0.1) is 0 Å². The largest absolute Gasteiger partial charge is 0.465 e. The first-order valence-electron chi connectivity index (χ1n) is 9.54. The molecule has 0 aromatic carbocycles. The van der Waals surface area contributed by atoms with E-state index in [1.807, 2.05) is 0 Å². The highest BCUT2D eigenvalue weighted by molar-refractivity contribution is 5.85. The van der Waals surface area contributed by atoms with Crippen molar-refractivity contribution in [1.29, 1.82) is 0 Å². The predicted molar refractivity (Wildman–Crippen MR) is 124 cm³/mol. The lowest BCUT2D eigenvalue weighted by atomic mass is 10.4. The summed E-state index contributed by atoms with van der Waals surface area (Å²) in [5.74, 6) is 2.16. The van der Waals surface area contributed by atoms with Gasteiger partial charge < -0.3 is 29.9 Å². The van der Waals surface area contributed by atoms with Gasteiger partial charge in [-0.05, 0) is 13.8 Å². The third kappa shape index (κ3) is 10.3. The molecule has 2 aromatic rings. The Morgan fingerprint density at radius 1 is 0.917 bits per heavy atom. The molecule has 200 valence electrons. The summed E-state index contributed by atoms with van der Waals surface area (Å²) in [5.41, 5.74) is -3.64. The minimum absolute atomic E-state index is 0. The molecule has 0 saturated heterocycles. The summed E-state index contributed by atoms with van der Waals surface area (Å²) in [5, 5.41) is 17.6. The lowest BCUT2D eigenvalue weighted by Crippen LogP contribution is -2.39. The first-order valence-corrected chi connectivity index (χ1v) is 9.54. The highest BCUT2D eigenvalue weighted by Gasteiger charge is 2.12. The predicted octanol–water partition coefficient (Wildman–Crippen LogP) is -2.42. The number of hydrogen-bond donors (Lipinski definition) is 5. The number of hydrogen-bond acceptors (Lipinski definition) is 13. The number of esters is 2. The molecule has 17 nitrogen and oxygen atoms in total. The summed E-state index contributed by atoms with van der Waals surface area (Å²) in [6, 6.07) is 0. The zero-order valence-electron chi connectivity index (χ0n) is 19.0. The second-order valence-corrected chi connectivity index (χ2v) is 5.84.